The summed E-state index contributed by atoms with van der Waals surface area (Å²) in [4.78, 5) is 30.0. The molecule has 0 fully saturated rings. The van der Waals surface area contributed by atoms with E-state index in [4.69, 9.17) is 0 Å². The van der Waals surface area contributed by atoms with Gasteiger partial charge in [-0.05, 0) is 12.8 Å². The zero-order valence-electron chi connectivity index (χ0n) is 10.1. The van der Waals surface area contributed by atoms with E-state index in [1.165, 1.54) is 4.57 Å². The molecule has 6 nitrogen and oxygen atoms in total. The molecular formula is C11H16N4O2. The van der Waals surface area contributed by atoms with E-state index in [0.29, 0.717) is 17.7 Å². The fourth-order valence-corrected chi connectivity index (χ4v) is 1.96. The Labute approximate surface area is 97.9 Å². The highest BCUT2D eigenvalue weighted by atomic mass is 16.2. The van der Waals surface area contributed by atoms with Crippen molar-refractivity contribution in [1.82, 2.24) is 19.1 Å². The zero-order chi connectivity index (χ0) is 12.4. The molecule has 2 heterocycles. The second-order valence-electron chi connectivity index (χ2n) is 4.02. The monoisotopic (exact) mass is 236 g/mol. The Balaban J connectivity index is 2.76. The lowest BCUT2D eigenvalue weighted by Gasteiger charge is -2.05. The Morgan fingerprint density at radius 3 is 2.59 bits per heavy atom. The van der Waals surface area contributed by atoms with E-state index in [1.807, 2.05) is 13.8 Å². The minimum atomic E-state index is -0.383. The van der Waals surface area contributed by atoms with Gasteiger partial charge in [-0.3, -0.25) is 14.3 Å². The van der Waals surface area contributed by atoms with Crippen molar-refractivity contribution in [2.24, 2.45) is 0 Å². The summed E-state index contributed by atoms with van der Waals surface area (Å²) in [5.41, 5.74) is 0.225. The van der Waals surface area contributed by atoms with Crippen LogP contribution < -0.4 is 11.2 Å². The van der Waals surface area contributed by atoms with E-state index in [1.54, 1.807) is 10.9 Å². The van der Waals surface area contributed by atoms with Crippen LogP contribution in [0, 0.1) is 0 Å². The van der Waals surface area contributed by atoms with Crippen molar-refractivity contribution in [2.75, 3.05) is 0 Å². The summed E-state index contributed by atoms with van der Waals surface area (Å²) in [6.45, 7) is 5.30. The third-order valence-corrected chi connectivity index (χ3v) is 2.67. The number of hydrogen-bond acceptors (Lipinski definition) is 3. The normalized spacial score (nSPS) is 11.2. The average Bonchev–Trinajstić information content (AvgIpc) is 2.69. The van der Waals surface area contributed by atoms with Gasteiger partial charge < -0.3 is 4.57 Å². The van der Waals surface area contributed by atoms with Crippen LogP contribution in [0.1, 0.15) is 26.7 Å². The number of aromatic nitrogens is 4. The molecule has 2 aromatic rings. The molecule has 0 aliphatic heterocycles. The van der Waals surface area contributed by atoms with Crippen molar-refractivity contribution in [3.63, 3.8) is 0 Å². The molecule has 0 aliphatic rings. The number of rotatable bonds is 4. The van der Waals surface area contributed by atoms with Gasteiger partial charge in [0.15, 0.2) is 11.2 Å². The van der Waals surface area contributed by atoms with E-state index in [-0.39, 0.29) is 11.2 Å². The molecule has 0 bridgehead atoms. The SMILES string of the molecule is CCCn1cnc2c1c(=O)[nH]c(=O)n2CCC. The Hall–Kier alpha value is -1.85. The molecule has 2 aromatic heterocycles. The Kier molecular flexibility index (Phi) is 3.12. The molecule has 0 spiro atoms. The lowest BCUT2D eigenvalue weighted by Crippen LogP contribution is -2.31. The van der Waals surface area contributed by atoms with Crippen molar-refractivity contribution in [3.05, 3.63) is 27.2 Å². The molecule has 0 saturated heterocycles. The van der Waals surface area contributed by atoms with Crippen LogP contribution in [0.25, 0.3) is 11.2 Å². The predicted molar refractivity (Wildman–Crippen MR) is 65.2 cm³/mol. The minimum Gasteiger partial charge on any atom is -0.325 e. The van der Waals surface area contributed by atoms with Gasteiger partial charge in [0.05, 0.1) is 6.33 Å². The second kappa shape index (κ2) is 4.57. The van der Waals surface area contributed by atoms with Crippen LogP contribution >= 0.6 is 0 Å². The molecule has 92 valence electrons. The zero-order valence-corrected chi connectivity index (χ0v) is 10.1. The molecule has 0 saturated carbocycles. The second-order valence-corrected chi connectivity index (χ2v) is 4.02. The number of nitrogens with zero attached hydrogens (tertiary/aromatic N) is 3. The summed E-state index contributed by atoms with van der Waals surface area (Å²) in [6.07, 6.45) is 3.36. The summed E-state index contributed by atoms with van der Waals surface area (Å²) in [5, 5.41) is 0. The standard InChI is InChI=1S/C11H16N4O2/c1-3-5-14-7-12-9-8(14)10(16)13-11(17)15(9)6-4-2/h7H,3-6H2,1-2H3,(H,13,16,17). The number of nitrogens with one attached hydrogen (secondary N) is 1. The topological polar surface area (TPSA) is 72.7 Å². The number of H-pyrrole nitrogens is 1. The first-order valence-electron chi connectivity index (χ1n) is 5.87. The minimum absolute atomic E-state index is 0.358. The van der Waals surface area contributed by atoms with Crippen molar-refractivity contribution < 1.29 is 0 Å². The smallest absolute Gasteiger partial charge is 0.325 e. The number of fused-ring (bicyclic) bond motifs is 1. The highest BCUT2D eigenvalue weighted by Crippen LogP contribution is 2.06. The van der Waals surface area contributed by atoms with Gasteiger partial charge in [0.1, 0.15) is 0 Å². The summed E-state index contributed by atoms with van der Waals surface area (Å²) in [5.74, 6) is 0. The maximum atomic E-state index is 11.8. The van der Waals surface area contributed by atoms with Crippen LogP contribution in [0.15, 0.2) is 15.9 Å². The molecule has 1 N–H and O–H groups in total. The molecule has 6 heteroatoms. The lowest BCUT2D eigenvalue weighted by atomic mass is 10.4. The van der Waals surface area contributed by atoms with Crippen molar-refractivity contribution in [2.45, 2.75) is 39.8 Å². The molecule has 0 atom stereocenters. The summed E-state index contributed by atoms with van der Waals surface area (Å²) in [6, 6.07) is 0. The van der Waals surface area contributed by atoms with Gasteiger partial charge in [0.25, 0.3) is 5.56 Å². The Morgan fingerprint density at radius 1 is 1.24 bits per heavy atom. The first-order chi connectivity index (χ1) is 8.19. The number of hydrogen-bond donors (Lipinski definition) is 1. The molecule has 0 aliphatic carbocycles. The maximum absolute atomic E-state index is 11.8. The quantitative estimate of drug-likeness (QED) is 0.849. The van der Waals surface area contributed by atoms with Crippen LogP contribution in [0.5, 0.6) is 0 Å². The van der Waals surface area contributed by atoms with Crippen LogP contribution in [-0.2, 0) is 13.1 Å². The van der Waals surface area contributed by atoms with Crippen LogP contribution in [-0.4, -0.2) is 19.1 Å². The van der Waals surface area contributed by atoms with E-state index in [2.05, 4.69) is 9.97 Å². The van der Waals surface area contributed by atoms with Crippen molar-refractivity contribution in [3.8, 4) is 0 Å². The van der Waals surface area contributed by atoms with Crippen LogP contribution in [0.4, 0.5) is 0 Å². The van der Waals surface area contributed by atoms with E-state index < -0.39 is 0 Å². The van der Waals surface area contributed by atoms with Crippen LogP contribution in [0.3, 0.4) is 0 Å². The molecule has 0 radical (unpaired) electrons. The molecule has 0 unspecified atom stereocenters. The van der Waals surface area contributed by atoms with Gasteiger partial charge in [-0.2, -0.15) is 0 Å². The molecule has 17 heavy (non-hydrogen) atoms. The average molecular weight is 236 g/mol. The lowest BCUT2D eigenvalue weighted by molar-refractivity contribution is 0.650. The molecular weight excluding hydrogens is 220 g/mol. The van der Waals surface area contributed by atoms with Gasteiger partial charge in [0.2, 0.25) is 0 Å². The molecule has 0 aromatic carbocycles. The van der Waals surface area contributed by atoms with Gasteiger partial charge in [-0.15, -0.1) is 0 Å². The van der Waals surface area contributed by atoms with Crippen LogP contribution in [0.2, 0.25) is 0 Å². The van der Waals surface area contributed by atoms with E-state index in [0.717, 1.165) is 19.4 Å². The molecule has 0 amide bonds. The highest BCUT2D eigenvalue weighted by molar-refractivity contribution is 5.69. The first kappa shape index (κ1) is 11.6. The number of imidazole rings is 1. The number of aromatic amines is 1. The first-order valence-corrected chi connectivity index (χ1v) is 5.87. The fourth-order valence-electron chi connectivity index (χ4n) is 1.96. The van der Waals surface area contributed by atoms with E-state index in [9.17, 15) is 9.59 Å². The summed E-state index contributed by atoms with van der Waals surface area (Å²) in [7, 11) is 0. The summed E-state index contributed by atoms with van der Waals surface area (Å²) < 4.78 is 3.31. The van der Waals surface area contributed by atoms with Crippen molar-refractivity contribution in [1.29, 1.82) is 0 Å². The van der Waals surface area contributed by atoms with E-state index >= 15 is 0 Å². The third-order valence-electron chi connectivity index (χ3n) is 2.67. The van der Waals surface area contributed by atoms with Gasteiger partial charge in [-0.25, -0.2) is 9.78 Å². The Morgan fingerprint density at radius 2 is 1.94 bits per heavy atom. The fraction of sp³-hybridized carbons (Fsp3) is 0.545. The largest absolute Gasteiger partial charge is 0.330 e. The third kappa shape index (κ3) is 1.90. The highest BCUT2D eigenvalue weighted by Gasteiger charge is 2.12. The molecule has 2 rings (SSSR count). The van der Waals surface area contributed by atoms with Gasteiger partial charge in [-0.1, -0.05) is 13.8 Å². The summed E-state index contributed by atoms with van der Waals surface area (Å²) >= 11 is 0. The van der Waals surface area contributed by atoms with Gasteiger partial charge in [0, 0.05) is 13.1 Å². The Bertz CT molecular complexity index is 635. The predicted octanol–water partition coefficient (Wildman–Crippen LogP) is 0.706. The maximum Gasteiger partial charge on any atom is 0.330 e. The van der Waals surface area contributed by atoms with Crippen molar-refractivity contribution >= 4 is 11.2 Å². The van der Waals surface area contributed by atoms with Gasteiger partial charge >= 0.3 is 5.69 Å². The number of aryl methyl sites for hydroxylation is 2.